The molecule has 158 valence electrons. The van der Waals surface area contributed by atoms with Crippen molar-refractivity contribution in [3.63, 3.8) is 0 Å². The molecule has 0 saturated carbocycles. The number of carbonyl (C=O) groups is 1. The second kappa shape index (κ2) is 8.91. The van der Waals surface area contributed by atoms with Gasteiger partial charge in [-0.1, -0.05) is 60.1 Å². The van der Waals surface area contributed by atoms with E-state index in [2.05, 4.69) is 10.4 Å². The van der Waals surface area contributed by atoms with Gasteiger partial charge >= 0.3 is 0 Å². The van der Waals surface area contributed by atoms with Crippen LogP contribution in [0.3, 0.4) is 0 Å². The molecular formula is C23H20ClN3O3S. The van der Waals surface area contributed by atoms with Crippen LogP contribution in [0.25, 0.3) is 10.9 Å². The standard InChI is InChI=1S/C23H20ClN3O3S/c24-18-12-10-17(11-13-18)16-27-21-9-5-4-8-20(21)22(26-27)23(28)25-14-15-31(29,30)19-6-2-1-3-7-19/h1-13H,14-16H2,(H,25,28). The van der Waals surface area contributed by atoms with Crippen molar-refractivity contribution in [1.82, 2.24) is 15.1 Å². The lowest BCUT2D eigenvalue weighted by atomic mass is 10.2. The largest absolute Gasteiger partial charge is 0.350 e. The number of carbonyl (C=O) groups excluding carboxylic acids is 1. The molecule has 0 fully saturated rings. The summed E-state index contributed by atoms with van der Waals surface area (Å²) in [5, 5.41) is 8.55. The Balaban J connectivity index is 1.51. The minimum Gasteiger partial charge on any atom is -0.350 e. The van der Waals surface area contributed by atoms with Crippen molar-refractivity contribution in [1.29, 1.82) is 0 Å². The first-order valence-electron chi connectivity index (χ1n) is 9.70. The van der Waals surface area contributed by atoms with E-state index in [-0.39, 0.29) is 22.9 Å². The van der Waals surface area contributed by atoms with Crippen molar-refractivity contribution in [2.24, 2.45) is 0 Å². The van der Waals surface area contributed by atoms with E-state index in [0.717, 1.165) is 11.1 Å². The Morgan fingerprint density at radius 3 is 2.35 bits per heavy atom. The van der Waals surface area contributed by atoms with Gasteiger partial charge < -0.3 is 5.32 Å². The number of amides is 1. The molecule has 1 heterocycles. The molecule has 31 heavy (non-hydrogen) atoms. The minimum absolute atomic E-state index is 0.00552. The number of nitrogens with zero attached hydrogens (tertiary/aromatic N) is 2. The molecule has 0 atom stereocenters. The zero-order valence-electron chi connectivity index (χ0n) is 16.5. The molecule has 1 N–H and O–H groups in total. The highest BCUT2D eigenvalue weighted by Crippen LogP contribution is 2.20. The number of fused-ring (bicyclic) bond motifs is 1. The van der Waals surface area contributed by atoms with Gasteiger partial charge in [0.2, 0.25) is 0 Å². The number of para-hydroxylation sites is 1. The quantitative estimate of drug-likeness (QED) is 0.459. The summed E-state index contributed by atoms with van der Waals surface area (Å²) >= 11 is 5.96. The van der Waals surface area contributed by atoms with E-state index >= 15 is 0 Å². The smallest absolute Gasteiger partial charge is 0.272 e. The highest BCUT2D eigenvalue weighted by molar-refractivity contribution is 7.91. The Morgan fingerprint density at radius 2 is 1.61 bits per heavy atom. The number of aromatic nitrogens is 2. The molecular weight excluding hydrogens is 434 g/mol. The Morgan fingerprint density at radius 1 is 0.935 bits per heavy atom. The maximum absolute atomic E-state index is 12.8. The summed E-state index contributed by atoms with van der Waals surface area (Å²) in [6.45, 7) is 0.474. The van der Waals surface area contributed by atoms with Crippen molar-refractivity contribution in [3.05, 3.63) is 95.1 Å². The molecule has 4 aromatic rings. The zero-order chi connectivity index (χ0) is 21.8. The minimum atomic E-state index is -3.47. The van der Waals surface area contributed by atoms with Crippen LogP contribution in [0.4, 0.5) is 0 Å². The predicted octanol–water partition coefficient (Wildman–Crippen LogP) is 3.94. The van der Waals surface area contributed by atoms with E-state index in [0.29, 0.717) is 17.0 Å². The fourth-order valence-corrected chi connectivity index (χ4v) is 4.61. The molecule has 3 aromatic carbocycles. The average molecular weight is 454 g/mol. The fraction of sp³-hybridized carbons (Fsp3) is 0.130. The van der Waals surface area contributed by atoms with Gasteiger partial charge in [-0.05, 0) is 35.9 Å². The molecule has 0 bridgehead atoms. The summed E-state index contributed by atoms with van der Waals surface area (Å²) in [5.41, 5.74) is 2.08. The molecule has 1 aromatic heterocycles. The molecule has 6 nitrogen and oxygen atoms in total. The van der Waals surface area contributed by atoms with Gasteiger partial charge in [0.1, 0.15) is 0 Å². The van der Waals surface area contributed by atoms with E-state index in [1.54, 1.807) is 35.0 Å². The number of sulfone groups is 1. The lowest BCUT2D eigenvalue weighted by Gasteiger charge is -2.06. The summed E-state index contributed by atoms with van der Waals surface area (Å²) in [7, 11) is -3.47. The van der Waals surface area contributed by atoms with Crippen molar-refractivity contribution in [2.75, 3.05) is 12.3 Å². The number of hydrogen-bond acceptors (Lipinski definition) is 4. The summed E-state index contributed by atoms with van der Waals surface area (Å²) in [4.78, 5) is 13.0. The third-order valence-electron chi connectivity index (χ3n) is 4.88. The molecule has 0 spiro atoms. The topological polar surface area (TPSA) is 81.1 Å². The van der Waals surface area contributed by atoms with Crippen LogP contribution in [0.5, 0.6) is 0 Å². The van der Waals surface area contributed by atoms with Crippen molar-refractivity contribution in [2.45, 2.75) is 11.4 Å². The van der Waals surface area contributed by atoms with Crippen LogP contribution in [0.15, 0.2) is 83.8 Å². The molecule has 0 aliphatic heterocycles. The average Bonchev–Trinajstić information content (AvgIpc) is 3.14. The number of hydrogen-bond donors (Lipinski definition) is 1. The van der Waals surface area contributed by atoms with E-state index in [1.807, 2.05) is 48.5 Å². The lowest BCUT2D eigenvalue weighted by molar-refractivity contribution is 0.0952. The molecule has 1 amide bonds. The highest BCUT2D eigenvalue weighted by atomic mass is 35.5. The van der Waals surface area contributed by atoms with Gasteiger partial charge in [-0.3, -0.25) is 9.48 Å². The molecule has 0 aliphatic carbocycles. The molecule has 0 aliphatic rings. The van der Waals surface area contributed by atoms with E-state index in [1.165, 1.54) is 0 Å². The first-order chi connectivity index (χ1) is 14.9. The highest BCUT2D eigenvalue weighted by Gasteiger charge is 2.19. The summed E-state index contributed by atoms with van der Waals surface area (Å²) < 4.78 is 26.6. The number of nitrogens with one attached hydrogen (secondary N) is 1. The van der Waals surface area contributed by atoms with Gasteiger partial charge in [0.05, 0.1) is 22.7 Å². The van der Waals surface area contributed by atoms with Crippen LogP contribution < -0.4 is 5.32 Å². The summed E-state index contributed by atoms with van der Waals surface area (Å²) in [6.07, 6.45) is 0. The monoisotopic (exact) mass is 453 g/mol. The van der Waals surface area contributed by atoms with E-state index in [4.69, 9.17) is 11.6 Å². The second-order valence-electron chi connectivity index (χ2n) is 7.04. The van der Waals surface area contributed by atoms with Crippen LogP contribution in [0.1, 0.15) is 16.1 Å². The van der Waals surface area contributed by atoms with Crippen LogP contribution in [-0.2, 0) is 16.4 Å². The first-order valence-corrected chi connectivity index (χ1v) is 11.7. The zero-order valence-corrected chi connectivity index (χ0v) is 18.1. The van der Waals surface area contributed by atoms with Gasteiger partial charge in [0.15, 0.2) is 15.5 Å². The van der Waals surface area contributed by atoms with Gasteiger partial charge in [-0.15, -0.1) is 0 Å². The fourth-order valence-electron chi connectivity index (χ4n) is 3.31. The molecule has 0 saturated heterocycles. The third-order valence-corrected chi connectivity index (χ3v) is 6.86. The van der Waals surface area contributed by atoms with Crippen molar-refractivity contribution < 1.29 is 13.2 Å². The van der Waals surface area contributed by atoms with Crippen LogP contribution in [0, 0.1) is 0 Å². The number of halogens is 1. The third kappa shape index (κ3) is 4.78. The van der Waals surface area contributed by atoms with Crippen LogP contribution in [0.2, 0.25) is 5.02 Å². The van der Waals surface area contributed by atoms with Gasteiger partial charge in [-0.2, -0.15) is 5.10 Å². The Labute approximate surface area is 185 Å². The SMILES string of the molecule is O=C(NCCS(=O)(=O)c1ccccc1)c1nn(Cc2ccc(Cl)cc2)c2ccccc12. The lowest BCUT2D eigenvalue weighted by Crippen LogP contribution is -2.29. The number of benzene rings is 3. The van der Waals surface area contributed by atoms with Crippen LogP contribution >= 0.6 is 11.6 Å². The Kier molecular flexibility index (Phi) is 6.06. The maximum atomic E-state index is 12.8. The molecule has 0 radical (unpaired) electrons. The Bertz CT molecular complexity index is 1320. The van der Waals surface area contributed by atoms with E-state index < -0.39 is 15.7 Å². The predicted molar refractivity (Wildman–Crippen MR) is 121 cm³/mol. The van der Waals surface area contributed by atoms with Crippen LogP contribution in [-0.4, -0.2) is 36.4 Å². The van der Waals surface area contributed by atoms with Crippen molar-refractivity contribution in [3.8, 4) is 0 Å². The molecule has 8 heteroatoms. The van der Waals surface area contributed by atoms with Gasteiger partial charge in [0, 0.05) is 17.0 Å². The first kappa shape index (κ1) is 21.1. The normalized spacial score (nSPS) is 11.5. The maximum Gasteiger partial charge on any atom is 0.272 e. The molecule has 0 unspecified atom stereocenters. The Hall–Kier alpha value is -3.16. The van der Waals surface area contributed by atoms with Gasteiger partial charge in [-0.25, -0.2) is 8.42 Å². The summed E-state index contributed by atoms with van der Waals surface area (Å²) in [6, 6.07) is 23.1. The van der Waals surface area contributed by atoms with Crippen molar-refractivity contribution >= 4 is 38.2 Å². The van der Waals surface area contributed by atoms with Gasteiger partial charge in [0.25, 0.3) is 5.91 Å². The molecule has 4 rings (SSSR count). The second-order valence-corrected chi connectivity index (χ2v) is 9.58. The van der Waals surface area contributed by atoms with E-state index in [9.17, 15) is 13.2 Å². The summed E-state index contributed by atoms with van der Waals surface area (Å²) in [5.74, 6) is -0.596. The number of rotatable bonds is 7.